The van der Waals surface area contributed by atoms with Crippen molar-refractivity contribution in [2.75, 3.05) is 13.2 Å². The molecule has 0 bridgehead atoms. The normalized spacial score (nSPS) is 21.8. The first kappa shape index (κ1) is 16.9. The minimum Gasteiger partial charge on any atom is -0.380 e. The molecule has 0 aliphatic carbocycles. The second kappa shape index (κ2) is 6.88. The number of hydrogen-bond donors (Lipinski definition) is 2. The molecular weight excluding hydrogens is 325 g/mol. The van der Waals surface area contributed by atoms with E-state index in [4.69, 9.17) is 15.0 Å². The first-order valence-corrected chi connectivity index (χ1v) is 7.50. The van der Waals surface area contributed by atoms with Crippen molar-refractivity contribution in [3.05, 3.63) is 35.7 Å². The predicted molar refractivity (Wildman–Crippen MR) is 78.8 cm³/mol. The molecule has 2 aromatic rings. The van der Waals surface area contributed by atoms with E-state index in [0.717, 1.165) is 18.6 Å². The van der Waals surface area contributed by atoms with E-state index in [1.165, 1.54) is 12.1 Å². The highest BCUT2D eigenvalue weighted by atomic mass is 19.4. The Morgan fingerprint density at radius 1 is 1.25 bits per heavy atom. The highest BCUT2D eigenvalue weighted by molar-refractivity contribution is 5.54. The van der Waals surface area contributed by atoms with Gasteiger partial charge in [0.15, 0.2) is 0 Å². The summed E-state index contributed by atoms with van der Waals surface area (Å²) in [5, 5.41) is 6.98. The van der Waals surface area contributed by atoms with E-state index in [0.29, 0.717) is 31.2 Å². The summed E-state index contributed by atoms with van der Waals surface area (Å²) in [4.78, 5) is 4.18. The number of hydrogen-bond acceptors (Lipinski definition) is 6. The summed E-state index contributed by atoms with van der Waals surface area (Å²) in [7, 11) is 0. The van der Waals surface area contributed by atoms with E-state index in [1.54, 1.807) is 0 Å². The molecule has 0 unspecified atom stereocenters. The first-order chi connectivity index (χ1) is 11.4. The molecular formula is C15H17F3N4O2. The van der Waals surface area contributed by atoms with Gasteiger partial charge in [0.1, 0.15) is 0 Å². The minimum atomic E-state index is -4.37. The fourth-order valence-electron chi connectivity index (χ4n) is 2.44. The van der Waals surface area contributed by atoms with Gasteiger partial charge in [-0.25, -0.2) is 0 Å². The summed E-state index contributed by atoms with van der Waals surface area (Å²) in [6.07, 6.45) is -3.59. The Morgan fingerprint density at radius 2 is 2.00 bits per heavy atom. The van der Waals surface area contributed by atoms with Crippen LogP contribution in [0.15, 0.2) is 28.8 Å². The molecule has 3 N–H and O–H groups in total. The van der Waals surface area contributed by atoms with Crippen LogP contribution in [0.4, 0.5) is 13.2 Å². The van der Waals surface area contributed by atoms with Crippen molar-refractivity contribution < 1.29 is 22.4 Å². The van der Waals surface area contributed by atoms with E-state index in [9.17, 15) is 13.2 Å². The fourth-order valence-corrected chi connectivity index (χ4v) is 2.44. The Balaban J connectivity index is 1.63. The van der Waals surface area contributed by atoms with Gasteiger partial charge in [0.05, 0.1) is 18.7 Å². The lowest BCUT2D eigenvalue weighted by Gasteiger charge is -2.28. The molecule has 1 fully saturated rings. The number of nitrogens with one attached hydrogen (secondary N) is 1. The van der Waals surface area contributed by atoms with Crippen LogP contribution in [-0.4, -0.2) is 35.4 Å². The molecule has 2 atom stereocenters. The molecule has 9 heteroatoms. The summed E-state index contributed by atoms with van der Waals surface area (Å²) in [6.45, 7) is 1.48. The van der Waals surface area contributed by atoms with Crippen LogP contribution in [0.3, 0.4) is 0 Å². The van der Waals surface area contributed by atoms with Crippen LogP contribution in [0.5, 0.6) is 0 Å². The average molecular weight is 342 g/mol. The molecule has 1 aliphatic heterocycles. The maximum atomic E-state index is 12.6. The number of aromatic nitrogens is 2. The average Bonchev–Trinajstić information content (AvgIpc) is 3.02. The molecule has 3 rings (SSSR count). The van der Waals surface area contributed by atoms with Crippen LogP contribution >= 0.6 is 0 Å². The van der Waals surface area contributed by atoms with E-state index in [2.05, 4.69) is 15.5 Å². The van der Waals surface area contributed by atoms with Gasteiger partial charge in [-0.15, -0.1) is 0 Å². The lowest BCUT2D eigenvalue weighted by atomic mass is 10.1. The molecule has 1 aliphatic rings. The summed E-state index contributed by atoms with van der Waals surface area (Å²) in [5.74, 6) is 0.576. The van der Waals surface area contributed by atoms with Gasteiger partial charge < -0.3 is 20.3 Å². The monoisotopic (exact) mass is 342 g/mol. The largest absolute Gasteiger partial charge is 0.416 e. The number of nitrogens with two attached hydrogens (primary N) is 1. The lowest BCUT2D eigenvalue weighted by molar-refractivity contribution is -0.137. The van der Waals surface area contributed by atoms with Gasteiger partial charge in [-0.3, -0.25) is 0 Å². The molecule has 130 valence electrons. The molecule has 0 spiro atoms. The summed E-state index contributed by atoms with van der Waals surface area (Å²) in [6, 6.07) is 4.60. The minimum absolute atomic E-state index is 0.000157. The highest BCUT2D eigenvalue weighted by Gasteiger charge is 2.30. The second-order valence-electron chi connectivity index (χ2n) is 5.60. The molecule has 0 saturated carbocycles. The second-order valence-corrected chi connectivity index (χ2v) is 5.60. The van der Waals surface area contributed by atoms with Crippen LogP contribution in [-0.2, 0) is 17.5 Å². The Hall–Kier alpha value is -1.97. The van der Waals surface area contributed by atoms with Crippen LogP contribution in [0, 0.1) is 0 Å². The standard InChI is InChI=1S/C15H17F3N4O2/c16-15(17,18)10-3-1-9(2-4-10)14-21-13(24-22-14)7-20-12-8-23-6-5-11(12)19/h1-4,11-12,20H,5-8,19H2/t11-,12+/m1/s1. The molecule has 24 heavy (non-hydrogen) atoms. The summed E-state index contributed by atoms with van der Waals surface area (Å²) >= 11 is 0. The van der Waals surface area contributed by atoms with Crippen LogP contribution in [0.1, 0.15) is 17.9 Å². The number of nitrogens with zero attached hydrogens (tertiary/aromatic N) is 2. The third-order valence-electron chi connectivity index (χ3n) is 3.86. The lowest BCUT2D eigenvalue weighted by Crippen LogP contribution is -2.51. The Bertz CT molecular complexity index is 672. The zero-order valence-electron chi connectivity index (χ0n) is 12.7. The van der Waals surface area contributed by atoms with Crippen molar-refractivity contribution in [2.24, 2.45) is 5.73 Å². The van der Waals surface area contributed by atoms with Crippen molar-refractivity contribution >= 4 is 0 Å². The Morgan fingerprint density at radius 3 is 2.67 bits per heavy atom. The quantitative estimate of drug-likeness (QED) is 0.883. The highest BCUT2D eigenvalue weighted by Crippen LogP contribution is 2.30. The zero-order valence-corrected chi connectivity index (χ0v) is 12.7. The molecule has 2 heterocycles. The first-order valence-electron chi connectivity index (χ1n) is 7.50. The molecule has 0 amide bonds. The van der Waals surface area contributed by atoms with Crippen LogP contribution < -0.4 is 11.1 Å². The van der Waals surface area contributed by atoms with E-state index in [-0.39, 0.29) is 17.9 Å². The number of benzene rings is 1. The van der Waals surface area contributed by atoms with E-state index >= 15 is 0 Å². The number of rotatable bonds is 4. The number of halogens is 3. The van der Waals surface area contributed by atoms with Crippen LogP contribution in [0.2, 0.25) is 0 Å². The van der Waals surface area contributed by atoms with Gasteiger partial charge in [0, 0.05) is 24.3 Å². The van der Waals surface area contributed by atoms with Gasteiger partial charge in [0.25, 0.3) is 0 Å². The smallest absolute Gasteiger partial charge is 0.380 e. The van der Waals surface area contributed by atoms with Crippen molar-refractivity contribution in [3.63, 3.8) is 0 Å². The third-order valence-corrected chi connectivity index (χ3v) is 3.86. The molecule has 6 nitrogen and oxygen atoms in total. The molecule has 0 radical (unpaired) electrons. The third kappa shape index (κ3) is 3.92. The number of alkyl halides is 3. The van der Waals surface area contributed by atoms with Crippen molar-refractivity contribution in [1.29, 1.82) is 0 Å². The van der Waals surface area contributed by atoms with E-state index < -0.39 is 11.7 Å². The molecule has 1 aromatic heterocycles. The fraction of sp³-hybridized carbons (Fsp3) is 0.467. The Kier molecular flexibility index (Phi) is 4.83. The number of ether oxygens (including phenoxy) is 1. The topological polar surface area (TPSA) is 86.2 Å². The SMILES string of the molecule is N[C@@H]1CCOC[C@@H]1NCc1nc(-c2ccc(C(F)(F)F)cc2)no1. The van der Waals surface area contributed by atoms with Gasteiger partial charge in [-0.1, -0.05) is 17.3 Å². The molecule has 1 aromatic carbocycles. The van der Waals surface area contributed by atoms with Crippen LogP contribution in [0.25, 0.3) is 11.4 Å². The zero-order chi connectivity index (χ0) is 17.2. The summed E-state index contributed by atoms with van der Waals surface area (Å²) in [5.41, 5.74) is 5.72. The van der Waals surface area contributed by atoms with E-state index in [1.807, 2.05) is 0 Å². The van der Waals surface area contributed by atoms with Crippen molar-refractivity contribution in [3.8, 4) is 11.4 Å². The Labute approximate surface area is 136 Å². The van der Waals surface area contributed by atoms with Crippen molar-refractivity contribution in [1.82, 2.24) is 15.5 Å². The maximum absolute atomic E-state index is 12.6. The van der Waals surface area contributed by atoms with Gasteiger partial charge in [-0.2, -0.15) is 18.2 Å². The molecule has 1 saturated heterocycles. The van der Waals surface area contributed by atoms with Crippen molar-refractivity contribution in [2.45, 2.75) is 31.2 Å². The maximum Gasteiger partial charge on any atom is 0.416 e. The predicted octanol–water partition coefficient (Wildman–Crippen LogP) is 1.96. The van der Waals surface area contributed by atoms with Gasteiger partial charge in [0.2, 0.25) is 11.7 Å². The van der Waals surface area contributed by atoms with Gasteiger partial charge >= 0.3 is 6.18 Å². The summed E-state index contributed by atoms with van der Waals surface area (Å²) < 4.78 is 48.1. The van der Waals surface area contributed by atoms with Gasteiger partial charge in [-0.05, 0) is 18.6 Å².